The highest BCUT2D eigenvalue weighted by molar-refractivity contribution is 7.91. The highest BCUT2D eigenvalue weighted by atomic mass is 32.2. The monoisotopic (exact) mass is 424 g/mol. The Balaban J connectivity index is 1.99. The van der Waals surface area contributed by atoms with E-state index in [1.807, 2.05) is 6.92 Å². The molecule has 3 aromatic carbocycles. The summed E-state index contributed by atoms with van der Waals surface area (Å²) in [5.41, 5.74) is 1.94. The van der Waals surface area contributed by atoms with Gasteiger partial charge >= 0.3 is 0 Å². The van der Waals surface area contributed by atoms with Crippen LogP contribution in [0.1, 0.15) is 33.2 Å². The first-order valence-electron chi connectivity index (χ1n) is 9.47. The Morgan fingerprint density at radius 3 is 1.80 bits per heavy atom. The summed E-state index contributed by atoms with van der Waals surface area (Å²) in [4.78, 5) is 13.1. The van der Waals surface area contributed by atoms with Crippen LogP contribution in [0.5, 0.6) is 11.5 Å². The molecule has 6 heteroatoms. The van der Waals surface area contributed by atoms with Crippen LogP contribution in [0.3, 0.4) is 0 Å². The van der Waals surface area contributed by atoms with E-state index in [0.717, 1.165) is 5.56 Å². The lowest BCUT2D eigenvalue weighted by Crippen LogP contribution is -2.18. The van der Waals surface area contributed by atoms with E-state index in [0.29, 0.717) is 22.6 Å². The van der Waals surface area contributed by atoms with Gasteiger partial charge < -0.3 is 9.47 Å². The van der Waals surface area contributed by atoms with E-state index in [9.17, 15) is 13.2 Å². The Kier molecular flexibility index (Phi) is 6.57. The van der Waals surface area contributed by atoms with E-state index >= 15 is 0 Å². The van der Waals surface area contributed by atoms with Crippen molar-refractivity contribution in [1.29, 1.82) is 0 Å². The third-order valence-electron chi connectivity index (χ3n) is 4.99. The molecule has 0 N–H and O–H groups in total. The smallest absolute Gasteiger partial charge is 0.185 e. The van der Waals surface area contributed by atoms with Crippen molar-refractivity contribution in [2.45, 2.75) is 23.5 Å². The molecule has 0 saturated heterocycles. The molecule has 3 aromatic rings. The van der Waals surface area contributed by atoms with E-state index in [-0.39, 0.29) is 17.1 Å². The number of Topliss-reactive ketones (excluding diaryl/α,β-unsaturated/α-hetero) is 1. The van der Waals surface area contributed by atoms with Crippen molar-refractivity contribution in [3.63, 3.8) is 0 Å². The molecule has 0 spiro atoms. The van der Waals surface area contributed by atoms with Gasteiger partial charge in [-0.05, 0) is 61.0 Å². The fraction of sp³-hybridized carbons (Fsp3) is 0.208. The van der Waals surface area contributed by atoms with Gasteiger partial charge in [0.2, 0.25) is 0 Å². The summed E-state index contributed by atoms with van der Waals surface area (Å²) in [6.07, 6.45) is -0.172. The van der Waals surface area contributed by atoms with E-state index in [2.05, 4.69) is 0 Å². The topological polar surface area (TPSA) is 69.7 Å². The normalized spacial score (nSPS) is 12.2. The van der Waals surface area contributed by atoms with Crippen molar-refractivity contribution >= 4 is 15.6 Å². The number of ether oxygens (including phenoxy) is 2. The molecule has 0 aliphatic rings. The Hall–Kier alpha value is -3.12. The summed E-state index contributed by atoms with van der Waals surface area (Å²) in [6, 6.07) is 20.1. The highest BCUT2D eigenvalue weighted by Crippen LogP contribution is 2.34. The molecular formula is C24H24O5S. The van der Waals surface area contributed by atoms with Gasteiger partial charge in [0.05, 0.1) is 24.4 Å². The van der Waals surface area contributed by atoms with Gasteiger partial charge in [0.25, 0.3) is 0 Å². The maximum absolute atomic E-state index is 13.5. The Morgan fingerprint density at radius 2 is 1.30 bits per heavy atom. The summed E-state index contributed by atoms with van der Waals surface area (Å²) in [7, 11) is -0.702. The van der Waals surface area contributed by atoms with Crippen molar-refractivity contribution in [1.82, 2.24) is 0 Å². The van der Waals surface area contributed by atoms with Gasteiger partial charge in [0.1, 0.15) is 11.5 Å². The first-order chi connectivity index (χ1) is 14.3. The number of hydrogen-bond donors (Lipinski definition) is 0. The van der Waals surface area contributed by atoms with Crippen LogP contribution >= 0.6 is 0 Å². The van der Waals surface area contributed by atoms with Crippen molar-refractivity contribution in [2.75, 3.05) is 14.2 Å². The Morgan fingerprint density at radius 1 is 0.800 bits per heavy atom. The lowest BCUT2D eigenvalue weighted by atomic mass is 10.0. The fourth-order valence-corrected chi connectivity index (χ4v) is 4.91. The molecule has 0 aliphatic heterocycles. The molecule has 1 atom stereocenters. The number of ketones is 1. The number of aryl methyl sites for hydroxylation is 1. The number of benzene rings is 3. The molecule has 0 radical (unpaired) electrons. The first kappa shape index (κ1) is 21.6. The number of hydrogen-bond acceptors (Lipinski definition) is 5. The maximum Gasteiger partial charge on any atom is 0.185 e. The van der Waals surface area contributed by atoms with Crippen LogP contribution in [0.4, 0.5) is 0 Å². The van der Waals surface area contributed by atoms with Crippen molar-refractivity contribution < 1.29 is 22.7 Å². The van der Waals surface area contributed by atoms with Crippen molar-refractivity contribution in [3.8, 4) is 11.5 Å². The first-order valence-corrected chi connectivity index (χ1v) is 11.0. The van der Waals surface area contributed by atoms with Gasteiger partial charge in [-0.2, -0.15) is 0 Å². The third kappa shape index (κ3) is 4.71. The van der Waals surface area contributed by atoms with E-state index in [4.69, 9.17) is 9.47 Å². The summed E-state index contributed by atoms with van der Waals surface area (Å²) in [6.45, 7) is 1.89. The number of rotatable bonds is 8. The molecule has 0 aromatic heterocycles. The molecule has 5 nitrogen and oxygen atoms in total. The average molecular weight is 425 g/mol. The molecule has 0 aliphatic carbocycles. The van der Waals surface area contributed by atoms with E-state index in [1.54, 1.807) is 87.0 Å². The van der Waals surface area contributed by atoms with Crippen LogP contribution in [0.25, 0.3) is 0 Å². The summed E-state index contributed by atoms with van der Waals surface area (Å²) < 4.78 is 37.2. The number of carbonyl (C=O) groups excluding carboxylic acids is 1. The Labute approximate surface area is 177 Å². The van der Waals surface area contributed by atoms with Gasteiger partial charge in [0.15, 0.2) is 15.6 Å². The summed E-state index contributed by atoms with van der Waals surface area (Å²) >= 11 is 0. The number of methoxy groups -OCH3 is 2. The molecule has 0 fully saturated rings. The third-order valence-corrected chi connectivity index (χ3v) is 7.11. The minimum Gasteiger partial charge on any atom is -0.497 e. The molecule has 0 unspecified atom stereocenters. The van der Waals surface area contributed by atoms with Gasteiger partial charge in [-0.3, -0.25) is 4.79 Å². The second-order valence-corrected chi connectivity index (χ2v) is 9.11. The summed E-state index contributed by atoms with van der Waals surface area (Å²) in [5, 5.41) is -1.01. The van der Waals surface area contributed by atoms with E-state index < -0.39 is 15.1 Å². The standard InChI is InChI=1S/C24H24O5S/c1-17-4-14-22(15-5-17)30(26,27)24(19-8-12-21(29-3)13-9-19)16-23(25)18-6-10-20(28-2)11-7-18/h4-15,24H,16H2,1-3H3/t24-/m0/s1. The lowest BCUT2D eigenvalue weighted by molar-refractivity contribution is 0.0980. The SMILES string of the molecule is COc1ccc(C(=O)C[C@@H](c2ccc(OC)cc2)S(=O)(=O)c2ccc(C)cc2)cc1. The minimum absolute atomic E-state index is 0.172. The van der Waals surface area contributed by atoms with Gasteiger partial charge in [-0.1, -0.05) is 29.8 Å². The predicted molar refractivity (Wildman–Crippen MR) is 116 cm³/mol. The van der Waals surface area contributed by atoms with E-state index in [1.165, 1.54) is 0 Å². The second kappa shape index (κ2) is 9.13. The van der Waals surface area contributed by atoms with Crippen LogP contribution in [-0.4, -0.2) is 28.4 Å². The molecule has 3 rings (SSSR count). The molecule has 0 amide bonds. The predicted octanol–water partition coefficient (Wildman–Crippen LogP) is 4.80. The maximum atomic E-state index is 13.5. The molecule has 30 heavy (non-hydrogen) atoms. The average Bonchev–Trinajstić information content (AvgIpc) is 2.77. The molecule has 0 bridgehead atoms. The van der Waals surface area contributed by atoms with Crippen molar-refractivity contribution in [2.24, 2.45) is 0 Å². The number of carbonyl (C=O) groups is 1. The largest absolute Gasteiger partial charge is 0.497 e. The van der Waals surface area contributed by atoms with Crippen molar-refractivity contribution in [3.05, 3.63) is 89.5 Å². The zero-order valence-electron chi connectivity index (χ0n) is 17.2. The zero-order chi connectivity index (χ0) is 21.7. The minimum atomic E-state index is -3.79. The summed E-state index contributed by atoms with van der Waals surface area (Å²) in [5.74, 6) is 0.992. The van der Waals surface area contributed by atoms with Gasteiger partial charge in [-0.25, -0.2) is 8.42 Å². The van der Waals surface area contributed by atoms with Gasteiger partial charge in [0, 0.05) is 12.0 Å². The molecular weight excluding hydrogens is 400 g/mol. The quantitative estimate of drug-likeness (QED) is 0.486. The molecule has 0 heterocycles. The van der Waals surface area contributed by atoms with Crippen LogP contribution in [0.15, 0.2) is 77.7 Å². The van der Waals surface area contributed by atoms with Crippen LogP contribution < -0.4 is 9.47 Å². The van der Waals surface area contributed by atoms with Crippen LogP contribution in [0.2, 0.25) is 0 Å². The fourth-order valence-electron chi connectivity index (χ4n) is 3.18. The van der Waals surface area contributed by atoms with Gasteiger partial charge in [-0.15, -0.1) is 0 Å². The molecule has 0 saturated carbocycles. The number of sulfone groups is 1. The second-order valence-electron chi connectivity index (χ2n) is 6.98. The Bertz CT molecular complexity index is 1100. The molecule has 156 valence electrons. The lowest BCUT2D eigenvalue weighted by Gasteiger charge is -2.18. The highest BCUT2D eigenvalue weighted by Gasteiger charge is 2.31. The zero-order valence-corrected chi connectivity index (χ0v) is 18.0. The van der Waals surface area contributed by atoms with Crippen LogP contribution in [-0.2, 0) is 9.84 Å². The van der Waals surface area contributed by atoms with Crippen LogP contribution in [0, 0.1) is 6.92 Å².